The van der Waals surface area contributed by atoms with Gasteiger partial charge in [0.15, 0.2) is 0 Å². The SMILES string of the molecule is O=C(c1cc(I)ccc1Br)N(Cc1ccncc1)C1CC1. The van der Waals surface area contributed by atoms with Gasteiger partial charge in [0.2, 0.25) is 0 Å². The molecule has 0 atom stereocenters. The molecule has 5 heteroatoms. The van der Waals surface area contributed by atoms with Crippen LogP contribution in [0.15, 0.2) is 47.2 Å². The highest BCUT2D eigenvalue weighted by Gasteiger charge is 2.33. The first-order valence-electron chi connectivity index (χ1n) is 6.80. The predicted molar refractivity (Wildman–Crippen MR) is 94.0 cm³/mol. The fraction of sp³-hybridized carbons (Fsp3) is 0.250. The summed E-state index contributed by atoms with van der Waals surface area (Å²) in [5.41, 5.74) is 1.86. The van der Waals surface area contributed by atoms with Crippen molar-refractivity contribution >= 4 is 44.4 Å². The number of rotatable bonds is 4. The van der Waals surface area contributed by atoms with E-state index in [-0.39, 0.29) is 5.91 Å². The van der Waals surface area contributed by atoms with Crippen molar-refractivity contribution in [1.82, 2.24) is 9.88 Å². The molecule has 0 spiro atoms. The smallest absolute Gasteiger partial charge is 0.255 e. The number of carbonyl (C=O) groups is 1. The molecule has 2 aromatic rings. The zero-order valence-electron chi connectivity index (χ0n) is 11.3. The molecule has 1 amide bonds. The van der Waals surface area contributed by atoms with Crippen LogP contribution >= 0.6 is 38.5 Å². The monoisotopic (exact) mass is 456 g/mol. The summed E-state index contributed by atoms with van der Waals surface area (Å²) >= 11 is 5.73. The molecule has 0 saturated heterocycles. The second kappa shape index (κ2) is 6.44. The Hall–Kier alpha value is -0.950. The summed E-state index contributed by atoms with van der Waals surface area (Å²) in [6, 6.07) is 10.2. The quantitative estimate of drug-likeness (QED) is 0.644. The van der Waals surface area contributed by atoms with Gasteiger partial charge in [0, 0.05) is 33.0 Å². The van der Waals surface area contributed by atoms with Crippen molar-refractivity contribution < 1.29 is 4.79 Å². The van der Waals surface area contributed by atoms with E-state index in [0.717, 1.165) is 32.0 Å². The van der Waals surface area contributed by atoms with Crippen LogP contribution in [0.2, 0.25) is 0 Å². The van der Waals surface area contributed by atoms with Crippen LogP contribution in [0.25, 0.3) is 0 Å². The van der Waals surface area contributed by atoms with Crippen LogP contribution in [0, 0.1) is 3.57 Å². The molecule has 1 aliphatic carbocycles. The molecular weight excluding hydrogens is 443 g/mol. The molecule has 0 bridgehead atoms. The standard InChI is InChI=1S/C16H14BrIN2O/c17-15-4-1-12(18)9-14(15)16(21)20(13-2-3-13)10-11-5-7-19-8-6-11/h1,4-9,13H,2-3,10H2. The Labute approximate surface area is 146 Å². The van der Waals surface area contributed by atoms with Gasteiger partial charge in [-0.2, -0.15) is 0 Å². The van der Waals surface area contributed by atoms with Gasteiger partial charge in [-0.1, -0.05) is 0 Å². The van der Waals surface area contributed by atoms with Crippen molar-refractivity contribution in [3.05, 3.63) is 61.9 Å². The Morgan fingerprint density at radius 3 is 2.67 bits per heavy atom. The number of aromatic nitrogens is 1. The van der Waals surface area contributed by atoms with Crippen LogP contribution in [0.4, 0.5) is 0 Å². The molecule has 1 fully saturated rings. The fourth-order valence-corrected chi connectivity index (χ4v) is 3.16. The lowest BCUT2D eigenvalue weighted by molar-refractivity contribution is 0.0729. The van der Waals surface area contributed by atoms with E-state index in [0.29, 0.717) is 12.6 Å². The second-order valence-electron chi connectivity index (χ2n) is 5.14. The summed E-state index contributed by atoms with van der Waals surface area (Å²) < 4.78 is 1.92. The maximum absolute atomic E-state index is 12.9. The zero-order valence-corrected chi connectivity index (χ0v) is 15.0. The van der Waals surface area contributed by atoms with Gasteiger partial charge in [0.25, 0.3) is 5.91 Å². The minimum atomic E-state index is 0.0969. The normalized spacial score (nSPS) is 14.0. The van der Waals surface area contributed by atoms with Crippen LogP contribution in [0.3, 0.4) is 0 Å². The van der Waals surface area contributed by atoms with Gasteiger partial charge < -0.3 is 4.90 Å². The van der Waals surface area contributed by atoms with E-state index >= 15 is 0 Å². The fourth-order valence-electron chi connectivity index (χ4n) is 2.25. The molecule has 1 saturated carbocycles. The first-order chi connectivity index (χ1) is 10.1. The summed E-state index contributed by atoms with van der Waals surface area (Å²) in [4.78, 5) is 18.9. The number of carbonyl (C=O) groups excluding carboxylic acids is 1. The molecule has 3 rings (SSSR count). The van der Waals surface area contributed by atoms with Crippen molar-refractivity contribution in [3.63, 3.8) is 0 Å². The lowest BCUT2D eigenvalue weighted by Crippen LogP contribution is -2.32. The summed E-state index contributed by atoms with van der Waals surface area (Å²) in [6.07, 6.45) is 5.73. The highest BCUT2D eigenvalue weighted by molar-refractivity contribution is 14.1. The summed E-state index contributed by atoms with van der Waals surface area (Å²) in [6.45, 7) is 0.643. The molecular formula is C16H14BrIN2O. The minimum Gasteiger partial charge on any atom is -0.331 e. The largest absolute Gasteiger partial charge is 0.331 e. The average Bonchev–Trinajstić information content (AvgIpc) is 3.32. The number of nitrogens with zero attached hydrogens (tertiary/aromatic N) is 2. The highest BCUT2D eigenvalue weighted by Crippen LogP contribution is 2.31. The number of benzene rings is 1. The third-order valence-corrected chi connectivity index (χ3v) is 4.87. The number of amides is 1. The van der Waals surface area contributed by atoms with Gasteiger partial charge in [-0.25, -0.2) is 0 Å². The van der Waals surface area contributed by atoms with Crippen molar-refractivity contribution in [2.45, 2.75) is 25.4 Å². The van der Waals surface area contributed by atoms with E-state index in [1.54, 1.807) is 12.4 Å². The molecule has 1 aromatic carbocycles. The van der Waals surface area contributed by atoms with Gasteiger partial charge in [-0.15, -0.1) is 0 Å². The molecule has 0 aliphatic heterocycles. The number of halogens is 2. The maximum Gasteiger partial charge on any atom is 0.255 e. The van der Waals surface area contributed by atoms with Crippen molar-refractivity contribution in [1.29, 1.82) is 0 Å². The number of pyridine rings is 1. The van der Waals surface area contributed by atoms with E-state index in [9.17, 15) is 4.79 Å². The van der Waals surface area contributed by atoms with Gasteiger partial charge in [0.1, 0.15) is 0 Å². The molecule has 0 unspecified atom stereocenters. The highest BCUT2D eigenvalue weighted by atomic mass is 127. The third kappa shape index (κ3) is 3.63. The van der Waals surface area contributed by atoms with E-state index in [4.69, 9.17) is 0 Å². The zero-order chi connectivity index (χ0) is 14.8. The van der Waals surface area contributed by atoms with Crippen LogP contribution in [-0.4, -0.2) is 21.8 Å². The second-order valence-corrected chi connectivity index (χ2v) is 7.24. The minimum absolute atomic E-state index is 0.0969. The molecule has 0 N–H and O–H groups in total. The first-order valence-corrected chi connectivity index (χ1v) is 8.67. The Balaban J connectivity index is 1.87. The molecule has 21 heavy (non-hydrogen) atoms. The van der Waals surface area contributed by atoms with E-state index in [1.807, 2.05) is 35.2 Å². The van der Waals surface area contributed by atoms with Gasteiger partial charge in [0.05, 0.1) is 5.56 Å². The third-order valence-electron chi connectivity index (χ3n) is 3.51. The lowest BCUT2D eigenvalue weighted by Gasteiger charge is -2.23. The Kier molecular flexibility index (Phi) is 4.59. The molecule has 1 heterocycles. The van der Waals surface area contributed by atoms with E-state index in [1.165, 1.54) is 0 Å². The first kappa shape index (κ1) is 15.0. The Bertz CT molecular complexity index is 659. The van der Waals surface area contributed by atoms with Gasteiger partial charge >= 0.3 is 0 Å². The number of hydrogen-bond acceptors (Lipinski definition) is 2. The van der Waals surface area contributed by atoms with Crippen molar-refractivity contribution in [3.8, 4) is 0 Å². The Morgan fingerprint density at radius 1 is 1.29 bits per heavy atom. The predicted octanol–water partition coefficient (Wildman–Crippen LogP) is 4.25. The molecule has 0 radical (unpaired) electrons. The van der Waals surface area contributed by atoms with E-state index in [2.05, 4.69) is 43.5 Å². The van der Waals surface area contributed by atoms with E-state index < -0.39 is 0 Å². The summed E-state index contributed by atoms with van der Waals surface area (Å²) in [5, 5.41) is 0. The van der Waals surface area contributed by atoms with Crippen molar-refractivity contribution in [2.24, 2.45) is 0 Å². The van der Waals surface area contributed by atoms with Crippen LogP contribution in [0.5, 0.6) is 0 Å². The summed E-state index contributed by atoms with van der Waals surface area (Å²) in [7, 11) is 0. The lowest BCUT2D eigenvalue weighted by atomic mass is 10.1. The summed E-state index contributed by atoms with van der Waals surface area (Å²) in [5.74, 6) is 0.0969. The van der Waals surface area contributed by atoms with Gasteiger partial charge in [-0.05, 0) is 87.3 Å². The Morgan fingerprint density at radius 2 is 2.00 bits per heavy atom. The number of hydrogen-bond donors (Lipinski definition) is 0. The van der Waals surface area contributed by atoms with Crippen LogP contribution in [0.1, 0.15) is 28.8 Å². The molecule has 1 aromatic heterocycles. The molecule has 1 aliphatic rings. The molecule has 3 nitrogen and oxygen atoms in total. The maximum atomic E-state index is 12.9. The van der Waals surface area contributed by atoms with Crippen molar-refractivity contribution in [2.75, 3.05) is 0 Å². The topological polar surface area (TPSA) is 33.2 Å². The van der Waals surface area contributed by atoms with Crippen LogP contribution < -0.4 is 0 Å². The van der Waals surface area contributed by atoms with Gasteiger partial charge in [-0.3, -0.25) is 9.78 Å². The average molecular weight is 457 g/mol. The molecule has 108 valence electrons. The van der Waals surface area contributed by atoms with Crippen LogP contribution in [-0.2, 0) is 6.54 Å².